The number of benzene rings is 1. The third kappa shape index (κ3) is 5.62. The summed E-state index contributed by atoms with van der Waals surface area (Å²) in [7, 11) is 3.77. The first-order valence-corrected chi connectivity index (χ1v) is 12.3. The van der Waals surface area contributed by atoms with Crippen molar-refractivity contribution in [3.63, 3.8) is 0 Å². The van der Waals surface area contributed by atoms with Crippen LogP contribution in [0.5, 0.6) is 0 Å². The molecule has 182 valence electrons. The number of carbonyl (C=O) groups is 1. The summed E-state index contributed by atoms with van der Waals surface area (Å²) < 4.78 is 2.40. The number of nitrogens with one attached hydrogen (secondary N) is 1. The normalized spacial score (nSPS) is 12.3. The molecule has 0 bridgehead atoms. The number of fused-ring (bicyclic) bond motifs is 1. The molecule has 3 heterocycles. The monoisotopic (exact) mass is 510 g/mol. The summed E-state index contributed by atoms with van der Waals surface area (Å²) in [5.74, 6) is -0.410. The van der Waals surface area contributed by atoms with Crippen LogP contribution in [0.25, 0.3) is 10.2 Å². The molecule has 0 aliphatic heterocycles. The second-order valence-electron chi connectivity index (χ2n) is 8.62. The number of halogens is 1. The average Bonchev–Trinajstić information content (AvgIpc) is 3.17. The summed E-state index contributed by atoms with van der Waals surface area (Å²) in [4.78, 5) is 33.2. The highest BCUT2D eigenvalue weighted by atomic mass is 35.5. The summed E-state index contributed by atoms with van der Waals surface area (Å²) >= 11 is 7.31. The first-order chi connectivity index (χ1) is 16.7. The number of aryl methyl sites for hydroxylation is 2. The Bertz CT molecular complexity index is 1400. The first kappa shape index (κ1) is 25.1. The zero-order chi connectivity index (χ0) is 25.1. The predicted octanol–water partition coefficient (Wildman–Crippen LogP) is 4.05. The van der Waals surface area contributed by atoms with Crippen molar-refractivity contribution in [1.82, 2.24) is 19.8 Å². The van der Waals surface area contributed by atoms with Crippen molar-refractivity contribution >= 4 is 39.1 Å². The minimum absolute atomic E-state index is 0.113. The fraction of sp³-hybridized carbons (Fsp3) is 0.269. The number of likely N-dealkylation sites (N-methyl/N-ethyl adjacent to an activating group) is 1. The van der Waals surface area contributed by atoms with Gasteiger partial charge in [0.25, 0.3) is 5.91 Å². The Morgan fingerprint density at radius 3 is 2.71 bits per heavy atom. The van der Waals surface area contributed by atoms with Gasteiger partial charge >= 0.3 is 0 Å². The molecule has 1 amide bonds. The minimum atomic E-state index is -0.662. The lowest BCUT2D eigenvalue weighted by Gasteiger charge is -2.20. The van der Waals surface area contributed by atoms with Crippen molar-refractivity contribution in [2.24, 2.45) is 7.05 Å². The Labute approximate surface area is 212 Å². The van der Waals surface area contributed by atoms with Crippen molar-refractivity contribution < 1.29 is 9.90 Å². The van der Waals surface area contributed by atoms with Crippen LogP contribution in [-0.2, 0) is 20.1 Å². The fourth-order valence-corrected chi connectivity index (χ4v) is 5.55. The number of amides is 1. The van der Waals surface area contributed by atoms with Gasteiger partial charge in [-0.3, -0.25) is 19.5 Å². The zero-order valence-electron chi connectivity index (χ0n) is 19.8. The van der Waals surface area contributed by atoms with E-state index in [1.54, 1.807) is 36.8 Å². The lowest BCUT2D eigenvalue weighted by Crippen LogP contribution is -2.29. The van der Waals surface area contributed by atoms with Crippen molar-refractivity contribution in [3.05, 3.63) is 97.4 Å². The van der Waals surface area contributed by atoms with Crippen molar-refractivity contribution in [1.29, 1.82) is 0 Å². The number of hydrogen-bond donors (Lipinski definition) is 2. The average molecular weight is 511 g/mol. The SMILES string of the molecule is Cc1c(CN(C)CC(O)c2cccnc2)sc2c(=O)c(C(=O)NCc3ccc(Cl)cc3)cn(C)c12. The molecule has 0 saturated heterocycles. The van der Waals surface area contributed by atoms with E-state index in [2.05, 4.69) is 10.3 Å². The Hall–Kier alpha value is -3.04. The molecule has 0 fully saturated rings. The van der Waals surface area contributed by atoms with Crippen LogP contribution in [0.4, 0.5) is 0 Å². The molecule has 0 aliphatic rings. The summed E-state index contributed by atoms with van der Waals surface area (Å²) in [5, 5.41) is 14.0. The lowest BCUT2D eigenvalue weighted by atomic mass is 10.1. The molecule has 7 nitrogen and oxygen atoms in total. The number of aromatic nitrogens is 2. The number of aliphatic hydroxyl groups is 1. The Morgan fingerprint density at radius 2 is 2.03 bits per heavy atom. The topological polar surface area (TPSA) is 87.5 Å². The second-order valence-corrected chi connectivity index (χ2v) is 10.2. The quantitative estimate of drug-likeness (QED) is 0.373. The molecular formula is C26H27ClN4O3S. The number of aliphatic hydroxyl groups excluding tert-OH is 1. The van der Waals surface area contributed by atoms with Gasteiger partial charge in [0, 0.05) is 60.7 Å². The van der Waals surface area contributed by atoms with E-state index < -0.39 is 12.0 Å². The van der Waals surface area contributed by atoms with E-state index in [9.17, 15) is 14.7 Å². The maximum absolute atomic E-state index is 13.3. The number of carbonyl (C=O) groups excluding carboxylic acids is 1. The Morgan fingerprint density at radius 1 is 1.29 bits per heavy atom. The highest BCUT2D eigenvalue weighted by molar-refractivity contribution is 7.19. The number of nitrogens with zero attached hydrogens (tertiary/aromatic N) is 3. The molecule has 0 aliphatic carbocycles. The smallest absolute Gasteiger partial charge is 0.257 e. The Kier molecular flexibility index (Phi) is 7.66. The molecule has 0 spiro atoms. The van der Waals surface area contributed by atoms with Gasteiger partial charge < -0.3 is 15.0 Å². The minimum Gasteiger partial charge on any atom is -0.387 e. The van der Waals surface area contributed by atoms with Gasteiger partial charge in [-0.05, 0) is 43.3 Å². The van der Waals surface area contributed by atoms with Crippen LogP contribution in [0.1, 0.15) is 38.0 Å². The van der Waals surface area contributed by atoms with Gasteiger partial charge in [0.15, 0.2) is 0 Å². The van der Waals surface area contributed by atoms with Crippen molar-refractivity contribution in [3.8, 4) is 0 Å². The van der Waals surface area contributed by atoms with Gasteiger partial charge in [-0.2, -0.15) is 0 Å². The van der Waals surface area contributed by atoms with E-state index in [-0.39, 0.29) is 11.0 Å². The molecule has 1 aromatic carbocycles. The molecule has 0 radical (unpaired) electrons. The predicted molar refractivity (Wildman–Crippen MR) is 140 cm³/mol. The van der Waals surface area contributed by atoms with Gasteiger partial charge in [-0.25, -0.2) is 0 Å². The van der Waals surface area contributed by atoms with Crippen LogP contribution in [0.3, 0.4) is 0 Å². The molecule has 4 rings (SSSR count). The van der Waals surface area contributed by atoms with Gasteiger partial charge in [-0.1, -0.05) is 29.8 Å². The molecule has 1 atom stereocenters. The van der Waals surface area contributed by atoms with E-state index in [4.69, 9.17) is 11.6 Å². The third-order valence-electron chi connectivity index (χ3n) is 5.92. The summed E-state index contributed by atoms with van der Waals surface area (Å²) in [6, 6.07) is 10.8. The van der Waals surface area contributed by atoms with Crippen LogP contribution >= 0.6 is 22.9 Å². The number of pyridine rings is 2. The van der Waals surface area contributed by atoms with Crippen LogP contribution in [0.15, 0.2) is 59.8 Å². The molecule has 0 saturated carbocycles. The number of hydrogen-bond acceptors (Lipinski definition) is 6. The molecular weight excluding hydrogens is 484 g/mol. The number of thiophene rings is 1. The van der Waals surface area contributed by atoms with Crippen LogP contribution < -0.4 is 10.7 Å². The van der Waals surface area contributed by atoms with E-state index >= 15 is 0 Å². The van der Waals surface area contributed by atoms with Crippen LogP contribution in [0, 0.1) is 6.92 Å². The molecule has 1 unspecified atom stereocenters. The second kappa shape index (κ2) is 10.7. The summed E-state index contributed by atoms with van der Waals surface area (Å²) in [5.41, 5.74) is 3.32. The first-order valence-electron chi connectivity index (χ1n) is 11.2. The van der Waals surface area contributed by atoms with Crippen LogP contribution in [-0.4, -0.2) is 39.1 Å². The van der Waals surface area contributed by atoms with E-state index in [1.165, 1.54) is 11.3 Å². The molecule has 4 aromatic rings. The van der Waals surface area contributed by atoms with E-state index in [0.717, 1.165) is 27.1 Å². The van der Waals surface area contributed by atoms with Gasteiger partial charge in [0.1, 0.15) is 5.56 Å². The molecule has 3 aromatic heterocycles. The molecule has 2 N–H and O–H groups in total. The maximum atomic E-state index is 13.3. The molecule has 9 heteroatoms. The summed E-state index contributed by atoms with van der Waals surface area (Å²) in [6.07, 6.45) is 4.27. The van der Waals surface area contributed by atoms with E-state index in [1.807, 2.05) is 48.7 Å². The molecule has 35 heavy (non-hydrogen) atoms. The summed E-state index contributed by atoms with van der Waals surface area (Å²) in [6.45, 7) is 3.28. The Balaban J connectivity index is 1.53. The van der Waals surface area contributed by atoms with Gasteiger partial charge in [0.2, 0.25) is 5.43 Å². The largest absolute Gasteiger partial charge is 0.387 e. The fourth-order valence-electron chi connectivity index (χ4n) is 4.04. The highest BCUT2D eigenvalue weighted by Crippen LogP contribution is 2.30. The van der Waals surface area contributed by atoms with Crippen molar-refractivity contribution in [2.45, 2.75) is 26.1 Å². The van der Waals surface area contributed by atoms with Gasteiger partial charge in [0.05, 0.1) is 16.3 Å². The third-order valence-corrected chi connectivity index (χ3v) is 7.43. The highest BCUT2D eigenvalue weighted by Gasteiger charge is 2.21. The van der Waals surface area contributed by atoms with E-state index in [0.29, 0.717) is 29.4 Å². The van der Waals surface area contributed by atoms with Crippen LogP contribution in [0.2, 0.25) is 5.02 Å². The lowest BCUT2D eigenvalue weighted by molar-refractivity contribution is 0.0949. The number of rotatable bonds is 8. The van der Waals surface area contributed by atoms with Gasteiger partial charge in [-0.15, -0.1) is 11.3 Å². The van der Waals surface area contributed by atoms with Crippen molar-refractivity contribution in [2.75, 3.05) is 13.6 Å². The zero-order valence-corrected chi connectivity index (χ0v) is 21.4. The standard InChI is InChI=1S/C26H27ClN4O3S/c1-16-22(15-30(2)14-21(32)18-5-4-10-28-12-18)35-25-23(16)31(3)13-20(24(25)33)26(34)29-11-17-6-8-19(27)9-7-17/h4-10,12-13,21,32H,11,14-15H2,1-3H3,(H,29,34). The maximum Gasteiger partial charge on any atom is 0.257 e.